The Kier molecular flexibility index (Phi) is 3.85. The minimum Gasteiger partial charge on any atom is -0.481 e. The van der Waals surface area contributed by atoms with Crippen LogP contribution in [-0.2, 0) is 11.8 Å². The number of aryl methyl sites for hydroxylation is 1. The lowest BCUT2D eigenvalue weighted by molar-refractivity contribution is -0.145. The highest BCUT2D eigenvalue weighted by Gasteiger charge is 2.33. The normalized spacial score (nSPS) is 23.4. The number of carbonyl (C=O) groups is 2. The number of rotatable bonds is 2. The average Bonchev–Trinajstić information content (AvgIpc) is 2.67. The first-order valence-corrected chi connectivity index (χ1v) is 6.62. The molecule has 104 valence electrons. The first-order valence-electron chi connectivity index (χ1n) is 6.24. The van der Waals surface area contributed by atoms with Crippen LogP contribution >= 0.6 is 11.6 Å². The largest absolute Gasteiger partial charge is 0.481 e. The van der Waals surface area contributed by atoms with Gasteiger partial charge in [0.15, 0.2) is 0 Å². The highest BCUT2D eigenvalue weighted by Crippen LogP contribution is 2.25. The smallest absolute Gasteiger partial charge is 0.306 e. The molecule has 1 saturated heterocycles. The van der Waals surface area contributed by atoms with E-state index in [2.05, 4.69) is 0 Å². The SMILES string of the molecule is CC1CN(C(=O)c2cc(Cl)cn2C)CCC1C(=O)O. The molecule has 2 atom stereocenters. The Labute approximate surface area is 116 Å². The molecule has 2 unspecified atom stereocenters. The topological polar surface area (TPSA) is 62.5 Å². The Morgan fingerprint density at radius 2 is 2.16 bits per heavy atom. The molecule has 0 radical (unpaired) electrons. The van der Waals surface area contributed by atoms with Gasteiger partial charge in [-0.05, 0) is 18.4 Å². The molecule has 1 aromatic rings. The molecule has 0 aromatic carbocycles. The van der Waals surface area contributed by atoms with Crippen molar-refractivity contribution in [2.45, 2.75) is 13.3 Å². The molecule has 19 heavy (non-hydrogen) atoms. The minimum absolute atomic E-state index is 0.0362. The van der Waals surface area contributed by atoms with Crippen LogP contribution in [0.2, 0.25) is 5.02 Å². The summed E-state index contributed by atoms with van der Waals surface area (Å²) in [6.45, 7) is 2.82. The molecule has 1 aliphatic rings. The van der Waals surface area contributed by atoms with Gasteiger partial charge in [-0.2, -0.15) is 0 Å². The molecule has 6 heteroatoms. The van der Waals surface area contributed by atoms with Crippen molar-refractivity contribution in [2.75, 3.05) is 13.1 Å². The van der Waals surface area contributed by atoms with E-state index in [0.29, 0.717) is 30.2 Å². The molecule has 0 spiro atoms. The number of carboxylic acids is 1. The van der Waals surface area contributed by atoms with Crippen LogP contribution in [0.3, 0.4) is 0 Å². The third kappa shape index (κ3) is 2.76. The summed E-state index contributed by atoms with van der Waals surface area (Å²) in [7, 11) is 1.77. The van der Waals surface area contributed by atoms with Gasteiger partial charge in [0.1, 0.15) is 5.69 Å². The molecule has 1 fully saturated rings. The zero-order valence-corrected chi connectivity index (χ0v) is 11.7. The van der Waals surface area contributed by atoms with E-state index in [0.717, 1.165) is 0 Å². The lowest BCUT2D eigenvalue weighted by Gasteiger charge is -2.34. The molecule has 1 N–H and O–H groups in total. The molecule has 1 aliphatic heterocycles. The van der Waals surface area contributed by atoms with Gasteiger partial charge in [0.25, 0.3) is 5.91 Å². The number of hydrogen-bond acceptors (Lipinski definition) is 2. The maximum absolute atomic E-state index is 12.4. The first-order chi connectivity index (χ1) is 8.90. The van der Waals surface area contributed by atoms with Gasteiger partial charge >= 0.3 is 5.97 Å². The van der Waals surface area contributed by atoms with Crippen molar-refractivity contribution in [2.24, 2.45) is 18.9 Å². The van der Waals surface area contributed by atoms with Crippen LogP contribution in [0, 0.1) is 11.8 Å². The van der Waals surface area contributed by atoms with E-state index in [9.17, 15) is 9.59 Å². The maximum Gasteiger partial charge on any atom is 0.306 e. The number of likely N-dealkylation sites (tertiary alicyclic amines) is 1. The average molecular weight is 285 g/mol. The Bertz CT molecular complexity index is 512. The van der Waals surface area contributed by atoms with E-state index in [4.69, 9.17) is 16.7 Å². The van der Waals surface area contributed by atoms with Gasteiger partial charge < -0.3 is 14.6 Å². The molecule has 1 aromatic heterocycles. The van der Waals surface area contributed by atoms with Crippen molar-refractivity contribution >= 4 is 23.5 Å². The zero-order valence-electron chi connectivity index (χ0n) is 11.0. The van der Waals surface area contributed by atoms with Crippen LogP contribution < -0.4 is 0 Å². The van der Waals surface area contributed by atoms with Crippen LogP contribution in [-0.4, -0.2) is 39.5 Å². The first kappa shape index (κ1) is 13.9. The molecule has 0 aliphatic carbocycles. The number of aliphatic carboxylic acids is 1. The Morgan fingerprint density at radius 1 is 1.47 bits per heavy atom. The number of nitrogens with zero attached hydrogens (tertiary/aromatic N) is 2. The third-order valence-corrected chi connectivity index (χ3v) is 3.91. The van der Waals surface area contributed by atoms with Crippen molar-refractivity contribution in [3.05, 3.63) is 23.0 Å². The van der Waals surface area contributed by atoms with Crippen molar-refractivity contribution in [3.8, 4) is 0 Å². The van der Waals surface area contributed by atoms with Gasteiger partial charge in [0.05, 0.1) is 10.9 Å². The summed E-state index contributed by atoms with van der Waals surface area (Å²) in [5.74, 6) is -1.27. The second-order valence-electron chi connectivity index (χ2n) is 5.12. The lowest BCUT2D eigenvalue weighted by atomic mass is 9.87. The Hall–Kier alpha value is -1.49. The summed E-state index contributed by atoms with van der Waals surface area (Å²) in [6, 6.07) is 1.64. The fourth-order valence-electron chi connectivity index (χ4n) is 2.60. The molecule has 0 bridgehead atoms. The number of amides is 1. The maximum atomic E-state index is 12.4. The van der Waals surface area contributed by atoms with Gasteiger partial charge in [-0.3, -0.25) is 9.59 Å². The van der Waals surface area contributed by atoms with Gasteiger partial charge in [-0.1, -0.05) is 18.5 Å². The van der Waals surface area contributed by atoms with E-state index in [1.54, 1.807) is 28.8 Å². The van der Waals surface area contributed by atoms with E-state index in [-0.39, 0.29) is 17.7 Å². The molecule has 0 saturated carbocycles. The number of carbonyl (C=O) groups excluding carboxylic acids is 1. The lowest BCUT2D eigenvalue weighted by Crippen LogP contribution is -2.45. The molecule has 2 rings (SSSR count). The Balaban J connectivity index is 2.10. The van der Waals surface area contributed by atoms with E-state index in [1.807, 2.05) is 6.92 Å². The summed E-state index contributed by atoms with van der Waals surface area (Å²) in [6.07, 6.45) is 2.18. The summed E-state index contributed by atoms with van der Waals surface area (Å²) in [5.41, 5.74) is 0.533. The number of hydrogen-bond donors (Lipinski definition) is 1. The van der Waals surface area contributed by atoms with Gasteiger partial charge in [-0.25, -0.2) is 0 Å². The van der Waals surface area contributed by atoms with Crippen molar-refractivity contribution in [1.29, 1.82) is 0 Å². The number of halogens is 1. The molecule has 5 nitrogen and oxygen atoms in total. The molecular weight excluding hydrogens is 268 g/mol. The van der Waals surface area contributed by atoms with Crippen molar-refractivity contribution in [3.63, 3.8) is 0 Å². The second-order valence-corrected chi connectivity index (χ2v) is 5.55. The minimum atomic E-state index is -0.776. The standard InChI is InChI=1S/C13H17ClN2O3/c1-8-6-16(4-3-10(8)13(18)19)12(17)11-5-9(14)7-15(11)2/h5,7-8,10H,3-4,6H2,1-2H3,(H,18,19). The highest BCUT2D eigenvalue weighted by atomic mass is 35.5. The number of piperidine rings is 1. The monoisotopic (exact) mass is 284 g/mol. The summed E-state index contributed by atoms with van der Waals surface area (Å²) in [4.78, 5) is 25.1. The zero-order chi connectivity index (χ0) is 14.2. The van der Waals surface area contributed by atoms with Crippen LogP contribution in [0.25, 0.3) is 0 Å². The molecular formula is C13H17ClN2O3. The summed E-state index contributed by atoms with van der Waals surface area (Å²) < 4.78 is 1.69. The van der Waals surface area contributed by atoms with E-state index in [1.165, 1.54) is 0 Å². The molecule has 2 heterocycles. The summed E-state index contributed by atoms with van der Waals surface area (Å²) >= 11 is 5.87. The van der Waals surface area contributed by atoms with E-state index >= 15 is 0 Å². The van der Waals surface area contributed by atoms with Gasteiger partial charge in [0.2, 0.25) is 0 Å². The summed E-state index contributed by atoms with van der Waals surface area (Å²) in [5, 5.41) is 9.60. The predicted molar refractivity (Wildman–Crippen MR) is 71.2 cm³/mol. The predicted octanol–water partition coefficient (Wildman–Crippen LogP) is 1.86. The van der Waals surface area contributed by atoms with Crippen molar-refractivity contribution in [1.82, 2.24) is 9.47 Å². The fraction of sp³-hybridized carbons (Fsp3) is 0.538. The second kappa shape index (κ2) is 5.25. The fourth-order valence-corrected chi connectivity index (χ4v) is 2.85. The van der Waals surface area contributed by atoms with Crippen LogP contribution in [0.1, 0.15) is 23.8 Å². The van der Waals surface area contributed by atoms with Crippen LogP contribution in [0.15, 0.2) is 12.3 Å². The highest BCUT2D eigenvalue weighted by molar-refractivity contribution is 6.31. The number of aromatic nitrogens is 1. The van der Waals surface area contributed by atoms with Crippen LogP contribution in [0.5, 0.6) is 0 Å². The quantitative estimate of drug-likeness (QED) is 0.902. The van der Waals surface area contributed by atoms with Crippen LogP contribution in [0.4, 0.5) is 0 Å². The molecule has 1 amide bonds. The van der Waals surface area contributed by atoms with Gasteiger partial charge in [-0.15, -0.1) is 0 Å². The Morgan fingerprint density at radius 3 is 2.63 bits per heavy atom. The van der Waals surface area contributed by atoms with Crippen molar-refractivity contribution < 1.29 is 14.7 Å². The third-order valence-electron chi connectivity index (χ3n) is 3.70. The van der Waals surface area contributed by atoms with Gasteiger partial charge in [0, 0.05) is 26.3 Å². The van der Waals surface area contributed by atoms with E-state index < -0.39 is 5.97 Å². The number of carboxylic acid groups (broad SMARTS) is 1.